The van der Waals surface area contributed by atoms with Crippen molar-refractivity contribution in [2.24, 2.45) is 17.6 Å². The molecule has 1 aliphatic rings. The van der Waals surface area contributed by atoms with Crippen molar-refractivity contribution in [1.82, 2.24) is 30.4 Å². The van der Waals surface area contributed by atoms with Crippen molar-refractivity contribution >= 4 is 23.5 Å². The Morgan fingerprint density at radius 2 is 1.66 bits per heavy atom. The lowest BCUT2D eigenvalue weighted by Gasteiger charge is -2.28. The molecule has 0 aliphatic heterocycles. The van der Waals surface area contributed by atoms with Crippen LogP contribution in [0.15, 0.2) is 66.9 Å². The van der Waals surface area contributed by atoms with Gasteiger partial charge in [0.2, 0.25) is 23.5 Å². The van der Waals surface area contributed by atoms with E-state index in [-0.39, 0.29) is 29.5 Å². The average Bonchev–Trinajstić information content (AvgIpc) is 3.71. The van der Waals surface area contributed by atoms with Crippen molar-refractivity contribution in [3.05, 3.63) is 78.2 Å². The first-order valence-corrected chi connectivity index (χ1v) is 18.5. The molecule has 5 rings (SSSR count). The van der Waals surface area contributed by atoms with E-state index in [1.807, 2.05) is 44.4 Å². The smallest absolute Gasteiger partial charge is 0.411 e. The number of hydrogen-bond acceptors (Lipinski definition) is 9. The van der Waals surface area contributed by atoms with Gasteiger partial charge in [-0.3, -0.25) is 14.7 Å². The number of anilines is 1. The van der Waals surface area contributed by atoms with Gasteiger partial charge in [-0.15, -0.1) is 0 Å². The Hall–Kier alpha value is -5.56. The Morgan fingerprint density at radius 3 is 2.28 bits per heavy atom. The monoisotopic (exact) mass is 818 g/mol. The zero-order valence-corrected chi connectivity index (χ0v) is 31.7. The molecule has 58 heavy (non-hydrogen) atoms. The quantitative estimate of drug-likeness (QED) is 0.0612. The molecule has 0 spiro atoms. The highest BCUT2D eigenvalue weighted by molar-refractivity contribution is 5.97. The number of nitrogens with two attached hydrogens (primary N) is 1. The van der Waals surface area contributed by atoms with Crippen LogP contribution in [0.25, 0.3) is 22.5 Å². The van der Waals surface area contributed by atoms with Crippen molar-refractivity contribution in [3.8, 4) is 28.4 Å². The predicted octanol–water partition coefficient (Wildman–Crippen LogP) is 5.74. The lowest BCUT2D eigenvalue weighted by Crippen LogP contribution is -2.56. The zero-order valence-electron chi connectivity index (χ0n) is 31.7. The van der Waals surface area contributed by atoms with Crippen LogP contribution in [-0.4, -0.2) is 99.6 Å². The number of carbonyl (C=O) groups excluding carboxylic acids is 2. The molecule has 4 aromatic rings. The number of carboxylic acid groups (broad SMARTS) is 1. The molecule has 0 saturated heterocycles. The normalized spacial score (nSPS) is 16.8. The summed E-state index contributed by atoms with van der Waals surface area (Å²) in [5.41, 5.74) is 8.32. The highest BCUT2D eigenvalue weighted by Crippen LogP contribution is 2.50. The minimum atomic E-state index is -6.36. The number of pyridine rings is 1. The van der Waals surface area contributed by atoms with Gasteiger partial charge in [-0.2, -0.15) is 31.4 Å². The van der Waals surface area contributed by atoms with Crippen LogP contribution in [0.5, 0.6) is 5.88 Å². The third-order valence-electron chi connectivity index (χ3n) is 9.87. The van der Waals surface area contributed by atoms with Crippen LogP contribution in [0, 0.1) is 11.8 Å². The first kappa shape index (κ1) is 43.6. The number of aliphatic carboxylic acids is 1. The van der Waals surface area contributed by atoms with Gasteiger partial charge >= 0.3 is 23.7 Å². The molecule has 1 atom stereocenters. The van der Waals surface area contributed by atoms with Gasteiger partial charge < -0.3 is 31.1 Å². The topological polar surface area (TPSA) is 188 Å². The predicted molar refractivity (Wildman–Crippen MR) is 200 cm³/mol. The van der Waals surface area contributed by atoms with Crippen molar-refractivity contribution in [3.63, 3.8) is 0 Å². The van der Waals surface area contributed by atoms with Crippen molar-refractivity contribution in [2.75, 3.05) is 39.1 Å². The minimum absolute atomic E-state index is 0.0437. The summed E-state index contributed by atoms with van der Waals surface area (Å²) in [5.74, 6) is -24.6. The summed E-state index contributed by atoms with van der Waals surface area (Å²) in [6.07, 6.45) is 5.44. The Morgan fingerprint density at radius 1 is 0.966 bits per heavy atom. The Kier molecular flexibility index (Phi) is 13.8. The first-order chi connectivity index (χ1) is 27.4. The summed E-state index contributed by atoms with van der Waals surface area (Å²) in [6.45, 7) is 1.93. The summed E-state index contributed by atoms with van der Waals surface area (Å²) in [4.78, 5) is 47.6. The standard InChI is InChI=1S/C39H44F6N8O5/c1-53(2)17-4-18-58-31-16-13-28(22-47-31)27-6-3-5-24(19-27)20-30(49-33(54)26-9-7-23(21-46)8-10-26)34(55)48-29-14-11-25(12-15-29)32-50-35(52-51-32)37(40,41)39(44,45)38(42,43)36(56)57/h3,5-6,11-16,19,22-23,26,30H,4,7-10,17-18,20-21,46H2,1-2H3,(H,48,55)(H,49,54)(H,56,57)(H,50,51,52)/t23?,26?,30-/m0/s1. The van der Waals surface area contributed by atoms with Crippen LogP contribution in [0.1, 0.15) is 43.5 Å². The number of carbonyl (C=O) groups is 3. The first-order valence-electron chi connectivity index (χ1n) is 18.5. The van der Waals surface area contributed by atoms with E-state index in [9.17, 15) is 40.7 Å². The second-order valence-corrected chi connectivity index (χ2v) is 14.4. The fourth-order valence-electron chi connectivity index (χ4n) is 6.41. The van der Waals surface area contributed by atoms with Gasteiger partial charge in [0.1, 0.15) is 6.04 Å². The largest absolute Gasteiger partial charge is 0.478 e. The lowest BCUT2D eigenvalue weighted by molar-refractivity contribution is -0.311. The van der Waals surface area contributed by atoms with Gasteiger partial charge in [0.25, 0.3) is 0 Å². The van der Waals surface area contributed by atoms with Crippen LogP contribution in [0.4, 0.5) is 32.0 Å². The third kappa shape index (κ3) is 10.1. The molecule has 2 aromatic carbocycles. The molecule has 0 unspecified atom stereocenters. The van der Waals surface area contributed by atoms with Gasteiger partial charge in [0, 0.05) is 48.0 Å². The fourth-order valence-corrected chi connectivity index (χ4v) is 6.41. The van der Waals surface area contributed by atoms with Crippen molar-refractivity contribution < 1.29 is 50.6 Å². The van der Waals surface area contributed by atoms with Crippen LogP contribution in [0.3, 0.4) is 0 Å². The van der Waals surface area contributed by atoms with Crippen LogP contribution in [-0.2, 0) is 26.7 Å². The number of amides is 2. The summed E-state index contributed by atoms with van der Waals surface area (Å²) in [6, 6.07) is 15.1. The molecule has 312 valence electrons. The Labute approximate surface area is 329 Å². The van der Waals surface area contributed by atoms with E-state index in [1.54, 1.807) is 12.3 Å². The van der Waals surface area contributed by atoms with Gasteiger partial charge in [0.05, 0.1) is 6.61 Å². The highest BCUT2D eigenvalue weighted by Gasteiger charge is 2.77. The molecule has 2 amide bonds. The number of hydrogen-bond donors (Lipinski definition) is 5. The number of alkyl halides is 6. The fraction of sp³-hybridized carbons (Fsp3) is 0.436. The van der Waals surface area contributed by atoms with Crippen molar-refractivity contribution in [1.29, 1.82) is 0 Å². The van der Waals surface area contributed by atoms with Gasteiger partial charge in [0.15, 0.2) is 5.82 Å². The zero-order chi connectivity index (χ0) is 42.3. The SMILES string of the molecule is CN(C)CCCOc1ccc(-c2cccc(C[C@H](NC(=O)C3CCC(CN)CC3)C(=O)Nc3ccc(-c4n[nH]c(C(F)(F)C(F)(F)C(F)(F)C(=O)O)n4)cc3)c2)cn1. The minimum Gasteiger partial charge on any atom is -0.478 e. The lowest BCUT2D eigenvalue weighted by atomic mass is 9.81. The van der Waals surface area contributed by atoms with Gasteiger partial charge in [-0.1, -0.05) is 24.3 Å². The number of halogens is 6. The second-order valence-electron chi connectivity index (χ2n) is 14.4. The maximum absolute atomic E-state index is 14.5. The van der Waals surface area contributed by atoms with Crippen molar-refractivity contribution in [2.45, 2.75) is 62.3 Å². The molecule has 1 fully saturated rings. The number of aromatic amines is 1. The number of benzene rings is 2. The highest BCUT2D eigenvalue weighted by atomic mass is 19.3. The number of aromatic nitrogens is 4. The average molecular weight is 819 g/mol. The van der Waals surface area contributed by atoms with E-state index in [1.165, 1.54) is 29.4 Å². The van der Waals surface area contributed by atoms with Gasteiger partial charge in [-0.25, -0.2) is 14.8 Å². The van der Waals surface area contributed by atoms with E-state index in [0.717, 1.165) is 42.5 Å². The summed E-state index contributed by atoms with van der Waals surface area (Å²) in [5, 5.41) is 18.9. The number of carboxylic acids is 1. The molecule has 0 radical (unpaired) electrons. The molecule has 6 N–H and O–H groups in total. The maximum Gasteiger partial charge on any atom is 0.411 e. The van der Waals surface area contributed by atoms with E-state index in [2.05, 4.69) is 30.6 Å². The van der Waals surface area contributed by atoms with E-state index >= 15 is 0 Å². The van der Waals surface area contributed by atoms with Crippen LogP contribution in [0.2, 0.25) is 0 Å². The summed E-state index contributed by atoms with van der Waals surface area (Å²) >= 11 is 0. The Balaban J connectivity index is 1.30. The van der Waals surface area contributed by atoms with E-state index < -0.39 is 47.3 Å². The van der Waals surface area contributed by atoms with Crippen LogP contribution < -0.4 is 21.1 Å². The number of H-pyrrole nitrogens is 1. The molecule has 19 heteroatoms. The molecule has 2 aromatic heterocycles. The summed E-state index contributed by atoms with van der Waals surface area (Å²) in [7, 11) is 3.97. The number of ether oxygens (including phenoxy) is 1. The number of nitrogens with zero attached hydrogens (tertiary/aromatic N) is 4. The molecule has 1 aliphatic carbocycles. The van der Waals surface area contributed by atoms with E-state index in [0.29, 0.717) is 37.8 Å². The second kappa shape index (κ2) is 18.4. The molecular formula is C39H44F6N8O5. The summed E-state index contributed by atoms with van der Waals surface area (Å²) < 4.78 is 89.9. The third-order valence-corrected chi connectivity index (χ3v) is 9.87. The molecule has 0 bridgehead atoms. The maximum atomic E-state index is 14.5. The number of rotatable bonds is 18. The molecule has 1 saturated carbocycles. The molecular weight excluding hydrogens is 774 g/mol. The van der Waals surface area contributed by atoms with E-state index in [4.69, 9.17) is 15.6 Å². The molecule has 13 nitrogen and oxygen atoms in total. The van der Waals surface area contributed by atoms with Crippen LogP contribution >= 0.6 is 0 Å². The van der Waals surface area contributed by atoms with Gasteiger partial charge in [-0.05, 0) is 100 Å². The number of nitrogens with one attached hydrogen (secondary N) is 3. The Bertz CT molecular complexity index is 2020. The molecule has 2 heterocycles.